The van der Waals surface area contributed by atoms with Crippen LogP contribution in [0.3, 0.4) is 0 Å². The maximum Gasteiger partial charge on any atom is 0.252 e. The van der Waals surface area contributed by atoms with Crippen LogP contribution in [-0.4, -0.2) is 21.1 Å². The van der Waals surface area contributed by atoms with Gasteiger partial charge in [0.25, 0.3) is 5.56 Å². The molecule has 6 nitrogen and oxygen atoms in total. The van der Waals surface area contributed by atoms with E-state index in [1.165, 1.54) is 21.8 Å². The molecule has 2 heterocycles. The third-order valence-corrected chi connectivity index (χ3v) is 6.13. The molecule has 2 aromatic rings. The second kappa shape index (κ2) is 8.27. The fourth-order valence-electron chi connectivity index (χ4n) is 3.97. The average Bonchev–Trinajstić information content (AvgIpc) is 3.50. The van der Waals surface area contributed by atoms with Gasteiger partial charge in [-0.1, -0.05) is 30.2 Å². The minimum absolute atomic E-state index is 0.0269. The van der Waals surface area contributed by atoms with Gasteiger partial charge in [0.1, 0.15) is 12.4 Å². The van der Waals surface area contributed by atoms with Gasteiger partial charge >= 0.3 is 0 Å². The summed E-state index contributed by atoms with van der Waals surface area (Å²) < 4.78 is 7.49. The lowest BCUT2D eigenvalue weighted by molar-refractivity contribution is 0.283. The number of ether oxygens (including phenoxy) is 1. The van der Waals surface area contributed by atoms with E-state index in [4.69, 9.17) is 10.00 Å². The van der Waals surface area contributed by atoms with Crippen molar-refractivity contribution in [3.05, 3.63) is 64.0 Å². The van der Waals surface area contributed by atoms with E-state index in [-0.39, 0.29) is 12.1 Å². The maximum absolute atomic E-state index is 12.2. The molecule has 2 aliphatic carbocycles. The van der Waals surface area contributed by atoms with E-state index >= 15 is 0 Å². The van der Waals surface area contributed by atoms with Crippen molar-refractivity contribution in [1.82, 2.24) is 14.5 Å². The van der Waals surface area contributed by atoms with Gasteiger partial charge in [-0.15, -0.1) is 0 Å². The Morgan fingerprint density at radius 2 is 2.17 bits per heavy atom. The lowest BCUT2D eigenvalue weighted by Gasteiger charge is -2.19. The molecule has 0 amide bonds. The van der Waals surface area contributed by atoms with Crippen molar-refractivity contribution in [2.75, 3.05) is 6.61 Å². The molecule has 1 saturated carbocycles. The summed E-state index contributed by atoms with van der Waals surface area (Å²) in [6.45, 7) is 6.94. The molecule has 6 heteroatoms. The summed E-state index contributed by atoms with van der Waals surface area (Å²) in [7, 11) is 0. The first-order chi connectivity index (χ1) is 14.5. The first-order valence-electron chi connectivity index (χ1n) is 10.4. The maximum atomic E-state index is 12.2. The summed E-state index contributed by atoms with van der Waals surface area (Å²) in [5.74, 6) is 2.85. The van der Waals surface area contributed by atoms with Crippen molar-refractivity contribution in [1.29, 1.82) is 5.26 Å². The molecule has 0 spiro atoms. The van der Waals surface area contributed by atoms with Gasteiger partial charge in [0, 0.05) is 24.4 Å². The van der Waals surface area contributed by atoms with Crippen LogP contribution in [0.1, 0.15) is 32.5 Å². The minimum Gasteiger partial charge on any atom is -0.477 e. The van der Waals surface area contributed by atoms with Crippen LogP contribution < -0.4 is 10.3 Å². The molecule has 2 aromatic heterocycles. The molecule has 0 aliphatic heterocycles. The third-order valence-electron chi connectivity index (χ3n) is 6.13. The monoisotopic (exact) mass is 402 g/mol. The number of nitrogens with zero attached hydrogens (tertiary/aromatic N) is 4. The van der Waals surface area contributed by atoms with Gasteiger partial charge in [0.15, 0.2) is 0 Å². The Bertz CT molecular complexity index is 1120. The molecule has 3 atom stereocenters. The highest BCUT2D eigenvalue weighted by Crippen LogP contribution is 2.48. The SMILES string of the molecule is CC1=CC=C(C2CC2COc2nc(C)ncc2-c2ccn(CC#N)c(=O)c2)CC1C. The minimum atomic E-state index is -0.232. The number of pyridine rings is 1. The molecule has 0 aromatic carbocycles. The van der Waals surface area contributed by atoms with Gasteiger partial charge in [-0.3, -0.25) is 4.79 Å². The smallest absolute Gasteiger partial charge is 0.252 e. The van der Waals surface area contributed by atoms with E-state index in [0.717, 1.165) is 12.8 Å². The normalized spacial score (nSPS) is 22.7. The zero-order valence-corrected chi connectivity index (χ0v) is 17.6. The lowest BCUT2D eigenvalue weighted by Crippen LogP contribution is -2.18. The quantitative estimate of drug-likeness (QED) is 0.728. The topological polar surface area (TPSA) is 80.8 Å². The van der Waals surface area contributed by atoms with Crippen molar-refractivity contribution in [2.45, 2.75) is 40.2 Å². The number of aromatic nitrogens is 3. The van der Waals surface area contributed by atoms with Crippen LogP contribution in [0, 0.1) is 36.0 Å². The number of hydrogen-bond donors (Lipinski definition) is 0. The van der Waals surface area contributed by atoms with Gasteiger partial charge in [0.05, 0.1) is 18.2 Å². The number of rotatable bonds is 6. The van der Waals surface area contributed by atoms with E-state index in [9.17, 15) is 4.79 Å². The highest BCUT2D eigenvalue weighted by atomic mass is 16.5. The number of hydrogen-bond acceptors (Lipinski definition) is 5. The Morgan fingerprint density at radius 3 is 2.90 bits per heavy atom. The average molecular weight is 402 g/mol. The molecule has 154 valence electrons. The molecule has 0 radical (unpaired) electrons. The largest absolute Gasteiger partial charge is 0.477 e. The first kappa shape index (κ1) is 20.1. The molecule has 3 unspecified atom stereocenters. The van der Waals surface area contributed by atoms with E-state index in [2.05, 4.69) is 36.0 Å². The van der Waals surface area contributed by atoms with E-state index in [0.29, 0.717) is 47.2 Å². The molecule has 4 rings (SSSR count). The summed E-state index contributed by atoms with van der Waals surface area (Å²) in [5, 5.41) is 8.82. The van der Waals surface area contributed by atoms with Crippen LogP contribution in [0.2, 0.25) is 0 Å². The fourth-order valence-corrected chi connectivity index (χ4v) is 3.97. The molecular formula is C24H26N4O2. The van der Waals surface area contributed by atoms with E-state index in [1.807, 2.05) is 13.0 Å². The summed E-state index contributed by atoms with van der Waals surface area (Å²) in [5.41, 5.74) is 4.14. The Hall–Kier alpha value is -3.20. The van der Waals surface area contributed by atoms with Gasteiger partial charge < -0.3 is 9.30 Å². The summed E-state index contributed by atoms with van der Waals surface area (Å²) in [4.78, 5) is 21.0. The molecular weight excluding hydrogens is 376 g/mol. The lowest BCUT2D eigenvalue weighted by atomic mass is 9.87. The number of aryl methyl sites for hydroxylation is 1. The summed E-state index contributed by atoms with van der Waals surface area (Å²) >= 11 is 0. The van der Waals surface area contributed by atoms with Crippen LogP contribution in [0.5, 0.6) is 5.88 Å². The standard InChI is InChI=1S/C24H26N4O2/c1-15-4-5-18(10-16(15)2)21-11-20(21)14-30-24-22(13-26-17(3)27-24)19-6-8-28(9-7-25)23(29)12-19/h4-6,8,12-13,16,20-21H,9-11,14H2,1-3H3. The van der Waals surface area contributed by atoms with Crippen molar-refractivity contribution < 1.29 is 4.74 Å². The van der Waals surface area contributed by atoms with E-state index in [1.54, 1.807) is 18.5 Å². The Morgan fingerprint density at radius 1 is 1.33 bits per heavy atom. The fraction of sp³-hybridized carbons (Fsp3) is 0.417. The van der Waals surface area contributed by atoms with Crippen LogP contribution >= 0.6 is 0 Å². The third kappa shape index (κ3) is 4.20. The Balaban J connectivity index is 1.48. The first-order valence-corrected chi connectivity index (χ1v) is 10.4. The second-order valence-corrected chi connectivity index (χ2v) is 8.35. The highest BCUT2D eigenvalue weighted by Gasteiger charge is 2.41. The molecule has 1 fully saturated rings. The number of allylic oxidation sites excluding steroid dienone is 4. The molecule has 0 bridgehead atoms. The van der Waals surface area contributed by atoms with Crippen LogP contribution in [0.4, 0.5) is 0 Å². The molecule has 30 heavy (non-hydrogen) atoms. The van der Waals surface area contributed by atoms with E-state index < -0.39 is 0 Å². The molecule has 0 N–H and O–H groups in total. The Labute approximate surface area is 176 Å². The zero-order valence-electron chi connectivity index (χ0n) is 17.6. The predicted molar refractivity (Wildman–Crippen MR) is 115 cm³/mol. The van der Waals surface area contributed by atoms with Crippen molar-refractivity contribution in [2.24, 2.45) is 17.8 Å². The number of nitriles is 1. The predicted octanol–water partition coefficient (Wildman–Crippen LogP) is 4.06. The highest BCUT2D eigenvalue weighted by molar-refractivity contribution is 5.67. The zero-order chi connectivity index (χ0) is 21.3. The van der Waals surface area contributed by atoms with Crippen molar-refractivity contribution in [3.8, 4) is 23.1 Å². The molecule has 2 aliphatic rings. The van der Waals surface area contributed by atoms with Crippen LogP contribution in [0.15, 0.2) is 52.6 Å². The second-order valence-electron chi connectivity index (χ2n) is 8.35. The summed E-state index contributed by atoms with van der Waals surface area (Å²) in [6.07, 6.45) is 10.1. The Kier molecular flexibility index (Phi) is 5.54. The molecule has 0 saturated heterocycles. The summed E-state index contributed by atoms with van der Waals surface area (Å²) in [6, 6.07) is 5.28. The van der Waals surface area contributed by atoms with Crippen LogP contribution in [0.25, 0.3) is 11.1 Å². The van der Waals surface area contributed by atoms with Crippen molar-refractivity contribution >= 4 is 0 Å². The van der Waals surface area contributed by atoms with Crippen LogP contribution in [-0.2, 0) is 6.54 Å². The van der Waals surface area contributed by atoms with Gasteiger partial charge in [0.2, 0.25) is 5.88 Å². The van der Waals surface area contributed by atoms with Gasteiger partial charge in [-0.05, 0) is 50.2 Å². The van der Waals surface area contributed by atoms with Gasteiger partial charge in [-0.25, -0.2) is 4.98 Å². The van der Waals surface area contributed by atoms with Crippen molar-refractivity contribution in [3.63, 3.8) is 0 Å². The van der Waals surface area contributed by atoms with Gasteiger partial charge in [-0.2, -0.15) is 10.2 Å².